The quantitative estimate of drug-likeness (QED) is 0.309. The van der Waals surface area contributed by atoms with Crippen LogP contribution in [0.25, 0.3) is 0 Å². The Labute approximate surface area is 155 Å². The van der Waals surface area contributed by atoms with Gasteiger partial charge in [0, 0.05) is 6.20 Å². The third-order valence-corrected chi connectivity index (χ3v) is 6.22. The molecule has 1 heteroatoms. The molecule has 0 spiro atoms. The van der Waals surface area contributed by atoms with E-state index < -0.39 is 0 Å². The van der Waals surface area contributed by atoms with E-state index in [1.807, 2.05) is 25.2 Å². The minimum atomic E-state index is 0.709. The Kier molecular flexibility index (Phi) is 7.93. The largest absolute Gasteiger partial charge is 0.256 e. The van der Waals surface area contributed by atoms with Gasteiger partial charge in [-0.05, 0) is 74.9 Å². The van der Waals surface area contributed by atoms with E-state index in [2.05, 4.69) is 33.2 Å². The molecule has 0 aromatic heterocycles. The molecule has 0 amide bonds. The summed E-state index contributed by atoms with van der Waals surface area (Å²) in [6.07, 6.45) is 19.1. The van der Waals surface area contributed by atoms with Gasteiger partial charge in [-0.3, -0.25) is 4.99 Å². The molecule has 2 fully saturated rings. The molecule has 138 valence electrons. The number of hydrogen-bond acceptors (Lipinski definition) is 1. The van der Waals surface area contributed by atoms with E-state index in [1.54, 1.807) is 0 Å². The molecular weight excluding hydrogens is 302 g/mol. The number of aliphatic imine (C=N–C) groups is 1. The van der Waals surface area contributed by atoms with Crippen LogP contribution in [-0.4, -0.2) is 5.71 Å². The van der Waals surface area contributed by atoms with Crippen LogP contribution in [-0.2, 0) is 0 Å². The van der Waals surface area contributed by atoms with Gasteiger partial charge in [0.1, 0.15) is 0 Å². The lowest BCUT2D eigenvalue weighted by atomic mass is 9.72. The summed E-state index contributed by atoms with van der Waals surface area (Å²) in [5.74, 6) is 3.50. The van der Waals surface area contributed by atoms with Gasteiger partial charge in [0.2, 0.25) is 0 Å². The lowest BCUT2D eigenvalue weighted by Gasteiger charge is -2.33. The Morgan fingerprint density at radius 3 is 2.28 bits per heavy atom. The third-order valence-electron chi connectivity index (χ3n) is 6.22. The van der Waals surface area contributed by atoms with E-state index in [1.165, 1.54) is 56.9 Å². The highest BCUT2D eigenvalue weighted by atomic mass is 14.7. The van der Waals surface area contributed by atoms with Gasteiger partial charge in [-0.15, -0.1) is 0 Å². The average Bonchev–Trinajstić information content (AvgIpc) is 3.44. The van der Waals surface area contributed by atoms with Gasteiger partial charge in [-0.1, -0.05) is 63.5 Å². The monoisotopic (exact) mass is 339 g/mol. The van der Waals surface area contributed by atoms with E-state index >= 15 is 0 Å². The normalized spacial score (nSPS) is 27.1. The van der Waals surface area contributed by atoms with Gasteiger partial charge in [0.05, 0.1) is 5.71 Å². The first-order valence-corrected chi connectivity index (χ1v) is 10.2. The summed E-state index contributed by atoms with van der Waals surface area (Å²) in [6.45, 7) is 14.5. The van der Waals surface area contributed by atoms with Crippen LogP contribution >= 0.6 is 0 Å². The average molecular weight is 340 g/mol. The summed E-state index contributed by atoms with van der Waals surface area (Å²) in [7, 11) is 0. The molecule has 0 aromatic rings. The van der Waals surface area contributed by atoms with Crippen molar-refractivity contribution in [2.75, 3.05) is 0 Å². The topological polar surface area (TPSA) is 12.4 Å². The van der Waals surface area contributed by atoms with Crippen LogP contribution in [0.2, 0.25) is 0 Å². The molecular formula is C24H37N. The van der Waals surface area contributed by atoms with Crippen molar-refractivity contribution < 1.29 is 0 Å². The lowest BCUT2D eigenvalue weighted by molar-refractivity contribution is 0.221. The predicted molar refractivity (Wildman–Crippen MR) is 112 cm³/mol. The van der Waals surface area contributed by atoms with Crippen molar-refractivity contribution in [3.05, 3.63) is 48.7 Å². The van der Waals surface area contributed by atoms with Crippen LogP contribution in [0.5, 0.6) is 0 Å². The minimum absolute atomic E-state index is 0.709. The van der Waals surface area contributed by atoms with E-state index in [-0.39, 0.29) is 0 Å². The van der Waals surface area contributed by atoms with Crippen molar-refractivity contribution >= 4 is 5.71 Å². The van der Waals surface area contributed by atoms with Crippen LogP contribution < -0.4 is 0 Å². The number of rotatable bonds is 9. The summed E-state index contributed by atoms with van der Waals surface area (Å²) in [5, 5.41) is 0. The maximum Gasteiger partial charge on any atom is 0.0692 e. The Bertz CT molecular complexity index is 536. The Balaban J connectivity index is 2.12. The molecule has 2 aliphatic carbocycles. The minimum Gasteiger partial charge on any atom is -0.256 e. The maximum absolute atomic E-state index is 4.75. The fourth-order valence-electron chi connectivity index (χ4n) is 4.23. The summed E-state index contributed by atoms with van der Waals surface area (Å²) in [5.41, 5.74) is 3.44. The summed E-state index contributed by atoms with van der Waals surface area (Å²) >= 11 is 0. The molecule has 1 atom stereocenters. The summed E-state index contributed by atoms with van der Waals surface area (Å²) < 4.78 is 0. The Hall–Kier alpha value is -1.37. The molecule has 2 rings (SSSR count). The van der Waals surface area contributed by atoms with E-state index in [9.17, 15) is 0 Å². The molecule has 0 radical (unpaired) electrons. The zero-order valence-electron chi connectivity index (χ0n) is 16.6. The highest BCUT2D eigenvalue weighted by Gasteiger charge is 2.29. The smallest absolute Gasteiger partial charge is 0.0692 e. The van der Waals surface area contributed by atoms with E-state index in [4.69, 9.17) is 4.99 Å². The molecule has 0 aromatic carbocycles. The maximum atomic E-state index is 4.75. The Morgan fingerprint density at radius 1 is 1.08 bits per heavy atom. The highest BCUT2D eigenvalue weighted by molar-refractivity contribution is 6.10. The standard InChI is InChI=1S/C24H37N/c1-6-21(7-2)24(8-3)25-17-19(5)23(16-13-20-11-12-20)22-14-9-18(4)10-15-22/h6-8,17-18,20,22-23H,1,3,9-16H2,2,4-5H3/b19-17+,21-7+,25-24+. The van der Waals surface area contributed by atoms with Crippen molar-refractivity contribution in [3.63, 3.8) is 0 Å². The van der Waals surface area contributed by atoms with Crippen molar-refractivity contribution in [1.82, 2.24) is 0 Å². The first kappa shape index (κ1) is 19.9. The molecule has 1 nitrogen and oxygen atoms in total. The van der Waals surface area contributed by atoms with Gasteiger partial charge >= 0.3 is 0 Å². The second kappa shape index (κ2) is 9.94. The molecule has 25 heavy (non-hydrogen) atoms. The number of hydrogen-bond donors (Lipinski definition) is 0. The molecule has 0 saturated heterocycles. The number of allylic oxidation sites excluding steroid dienone is 5. The van der Waals surface area contributed by atoms with Crippen LogP contribution in [0.15, 0.2) is 53.7 Å². The van der Waals surface area contributed by atoms with Gasteiger partial charge in [-0.2, -0.15) is 0 Å². The first-order valence-electron chi connectivity index (χ1n) is 10.2. The van der Waals surface area contributed by atoms with Crippen molar-refractivity contribution in [1.29, 1.82) is 0 Å². The molecule has 1 unspecified atom stereocenters. The van der Waals surface area contributed by atoms with Crippen LogP contribution in [0.1, 0.15) is 72.1 Å². The number of nitrogens with zero attached hydrogens (tertiary/aromatic N) is 1. The van der Waals surface area contributed by atoms with Gasteiger partial charge in [0.15, 0.2) is 0 Å². The Morgan fingerprint density at radius 2 is 1.76 bits per heavy atom. The second-order valence-electron chi connectivity index (χ2n) is 8.19. The second-order valence-corrected chi connectivity index (χ2v) is 8.19. The molecule has 0 aliphatic heterocycles. The van der Waals surface area contributed by atoms with E-state index in [0.29, 0.717) is 5.92 Å². The van der Waals surface area contributed by atoms with Gasteiger partial charge in [-0.25, -0.2) is 0 Å². The fourth-order valence-corrected chi connectivity index (χ4v) is 4.23. The highest BCUT2D eigenvalue weighted by Crippen LogP contribution is 2.42. The van der Waals surface area contributed by atoms with Gasteiger partial charge < -0.3 is 0 Å². The van der Waals surface area contributed by atoms with Crippen molar-refractivity contribution in [3.8, 4) is 0 Å². The van der Waals surface area contributed by atoms with Crippen LogP contribution in [0, 0.1) is 23.7 Å². The fraction of sp³-hybridized carbons (Fsp3) is 0.625. The van der Waals surface area contributed by atoms with Crippen molar-refractivity contribution in [2.45, 2.75) is 72.1 Å². The van der Waals surface area contributed by atoms with Crippen LogP contribution in [0.3, 0.4) is 0 Å². The summed E-state index contributed by atoms with van der Waals surface area (Å²) in [4.78, 5) is 4.75. The van der Waals surface area contributed by atoms with Crippen LogP contribution in [0.4, 0.5) is 0 Å². The predicted octanol–water partition coefficient (Wildman–Crippen LogP) is 7.28. The zero-order chi connectivity index (χ0) is 18.2. The molecule has 0 bridgehead atoms. The molecule has 0 N–H and O–H groups in total. The van der Waals surface area contributed by atoms with E-state index in [0.717, 1.165) is 29.0 Å². The molecule has 0 heterocycles. The summed E-state index contributed by atoms with van der Waals surface area (Å²) in [6, 6.07) is 0. The molecule has 2 aliphatic rings. The van der Waals surface area contributed by atoms with Crippen molar-refractivity contribution in [2.24, 2.45) is 28.7 Å². The third kappa shape index (κ3) is 6.13. The zero-order valence-corrected chi connectivity index (χ0v) is 16.6. The lowest BCUT2D eigenvalue weighted by Crippen LogP contribution is -2.22. The van der Waals surface area contributed by atoms with Gasteiger partial charge in [0.25, 0.3) is 0 Å². The first-order chi connectivity index (χ1) is 12.1. The SMILES string of the molecule is C=CC(=C\C)/C(C=C)=N/C=C(\C)C(CCC1CC1)C1CCC(C)CC1. The molecule has 2 saturated carbocycles.